The van der Waals surface area contributed by atoms with Crippen molar-refractivity contribution in [1.82, 2.24) is 15.0 Å². The molecule has 2 heterocycles. The van der Waals surface area contributed by atoms with Crippen molar-refractivity contribution in [3.05, 3.63) is 65.3 Å². The lowest BCUT2D eigenvalue weighted by Crippen LogP contribution is -2.40. The molecule has 4 rings (SSSR count). The van der Waals surface area contributed by atoms with Crippen molar-refractivity contribution in [2.45, 2.75) is 32.1 Å². The molecule has 2 aromatic carbocycles. The number of carbonyl (C=O) groups is 1. The number of hydrogen-bond donors (Lipinski definition) is 0. The van der Waals surface area contributed by atoms with Crippen molar-refractivity contribution in [1.29, 1.82) is 0 Å². The number of ether oxygens (including phenoxy) is 1. The molecule has 1 aliphatic rings. The number of rotatable bonds is 3. The van der Waals surface area contributed by atoms with Gasteiger partial charge >= 0.3 is 12.1 Å². The predicted molar refractivity (Wildman–Crippen MR) is 100 cm³/mol. The highest BCUT2D eigenvalue weighted by atomic mass is 19.4. The van der Waals surface area contributed by atoms with E-state index in [0.29, 0.717) is 0 Å². The summed E-state index contributed by atoms with van der Waals surface area (Å²) in [6, 6.07) is 11.2. The maximum absolute atomic E-state index is 14.9. The third-order valence-corrected chi connectivity index (χ3v) is 4.94. The summed E-state index contributed by atoms with van der Waals surface area (Å²) in [5, 5.41) is 3.28. The van der Waals surface area contributed by atoms with Crippen molar-refractivity contribution >= 4 is 5.91 Å². The Balaban J connectivity index is 1.61. The number of amides is 1. The first kappa shape index (κ1) is 20.8. The molecule has 1 aromatic heterocycles. The summed E-state index contributed by atoms with van der Waals surface area (Å²) in [5.41, 5.74) is 0.944. The van der Waals surface area contributed by atoms with Crippen LogP contribution in [0.1, 0.15) is 23.9 Å². The molecule has 3 aromatic rings. The number of aromatic nitrogens is 2. The minimum atomic E-state index is -4.80. The lowest BCUT2D eigenvalue weighted by Gasteiger charge is -2.26. The Morgan fingerprint density at radius 3 is 2.65 bits per heavy atom. The second kappa shape index (κ2) is 8.01. The first-order valence-electron chi connectivity index (χ1n) is 9.42. The van der Waals surface area contributed by atoms with Crippen LogP contribution in [0.25, 0.3) is 11.4 Å². The van der Waals surface area contributed by atoms with Crippen LogP contribution in [-0.4, -0.2) is 33.6 Å². The number of nitrogens with zero attached hydrogens (tertiary/aromatic N) is 3. The van der Waals surface area contributed by atoms with E-state index in [2.05, 4.69) is 14.7 Å². The van der Waals surface area contributed by atoms with Crippen LogP contribution in [0, 0.1) is 5.82 Å². The van der Waals surface area contributed by atoms with Gasteiger partial charge in [0.1, 0.15) is 18.2 Å². The average molecular weight is 435 g/mol. The zero-order valence-electron chi connectivity index (χ0n) is 16.3. The summed E-state index contributed by atoms with van der Waals surface area (Å²) in [7, 11) is 0. The van der Waals surface area contributed by atoms with E-state index < -0.39 is 23.7 Å². The highest BCUT2D eigenvalue weighted by Crippen LogP contribution is 2.34. The number of hydrogen-bond acceptors (Lipinski definition) is 5. The van der Waals surface area contributed by atoms with Gasteiger partial charge in [0.25, 0.3) is 0 Å². The molecule has 162 valence electrons. The number of carbonyl (C=O) groups excluding carboxylic acids is 1. The normalized spacial score (nSPS) is 16.4. The topological polar surface area (TPSA) is 68.5 Å². The lowest BCUT2D eigenvalue weighted by molar-refractivity contribution is -0.159. The van der Waals surface area contributed by atoms with Crippen molar-refractivity contribution in [2.75, 3.05) is 6.61 Å². The van der Waals surface area contributed by atoms with Gasteiger partial charge in [0.05, 0.1) is 19.0 Å². The molecule has 0 saturated carbocycles. The summed E-state index contributed by atoms with van der Waals surface area (Å²) in [6.07, 6.45) is -4.65. The summed E-state index contributed by atoms with van der Waals surface area (Å²) in [4.78, 5) is 17.7. The summed E-state index contributed by atoms with van der Waals surface area (Å²) < 4.78 is 62.9. The molecule has 1 aliphatic heterocycles. The van der Waals surface area contributed by atoms with Gasteiger partial charge in [-0.15, -0.1) is 0 Å². The monoisotopic (exact) mass is 435 g/mol. The van der Waals surface area contributed by atoms with Crippen LogP contribution in [0.4, 0.5) is 17.6 Å². The minimum Gasteiger partial charge on any atom is -0.491 e. The fourth-order valence-corrected chi connectivity index (χ4v) is 3.31. The Labute approximate surface area is 174 Å². The quantitative estimate of drug-likeness (QED) is 0.576. The van der Waals surface area contributed by atoms with Crippen molar-refractivity contribution in [2.24, 2.45) is 0 Å². The van der Waals surface area contributed by atoms with E-state index in [4.69, 9.17) is 4.74 Å². The van der Waals surface area contributed by atoms with Crippen LogP contribution >= 0.6 is 0 Å². The number of halogens is 4. The summed E-state index contributed by atoms with van der Waals surface area (Å²) in [6.45, 7) is 1.84. The molecule has 0 unspecified atom stereocenters. The molecule has 0 N–H and O–H groups in total. The zero-order chi connectivity index (χ0) is 22.2. The fraction of sp³-hybridized carbons (Fsp3) is 0.286. The van der Waals surface area contributed by atoms with E-state index >= 15 is 0 Å². The van der Waals surface area contributed by atoms with Crippen LogP contribution in [-0.2, 0) is 23.9 Å². The van der Waals surface area contributed by atoms with Gasteiger partial charge in [-0.3, -0.25) is 4.79 Å². The molecule has 0 spiro atoms. The third kappa shape index (κ3) is 4.37. The lowest BCUT2D eigenvalue weighted by atomic mass is 10.1. The average Bonchev–Trinajstić information content (AvgIpc) is 3.16. The zero-order valence-corrected chi connectivity index (χ0v) is 16.3. The Morgan fingerprint density at radius 1 is 1.23 bits per heavy atom. The van der Waals surface area contributed by atoms with E-state index in [1.807, 2.05) is 30.3 Å². The van der Waals surface area contributed by atoms with E-state index in [9.17, 15) is 22.4 Å². The maximum atomic E-state index is 14.9. The van der Waals surface area contributed by atoms with Crippen molar-refractivity contribution in [3.63, 3.8) is 0 Å². The first-order valence-corrected chi connectivity index (χ1v) is 9.42. The molecule has 10 heteroatoms. The fourth-order valence-electron chi connectivity index (χ4n) is 3.31. The predicted octanol–water partition coefficient (Wildman–Crippen LogP) is 4.25. The van der Waals surface area contributed by atoms with E-state index in [1.165, 1.54) is 11.0 Å². The molecule has 31 heavy (non-hydrogen) atoms. The summed E-state index contributed by atoms with van der Waals surface area (Å²) in [5.74, 6) is -2.74. The largest absolute Gasteiger partial charge is 0.491 e. The molecule has 1 amide bonds. The molecular formula is C21H17F4N3O3. The van der Waals surface area contributed by atoms with Gasteiger partial charge in [0.15, 0.2) is 0 Å². The maximum Gasteiger partial charge on any atom is 0.471 e. The van der Waals surface area contributed by atoms with Gasteiger partial charge in [0, 0.05) is 11.1 Å². The number of alkyl halides is 3. The minimum absolute atomic E-state index is 0.0211. The highest BCUT2D eigenvalue weighted by Gasteiger charge is 2.38. The van der Waals surface area contributed by atoms with Gasteiger partial charge in [-0.1, -0.05) is 35.5 Å². The molecule has 6 nitrogen and oxygen atoms in total. The molecule has 1 atom stereocenters. The molecular weight excluding hydrogens is 418 g/mol. The van der Waals surface area contributed by atoms with Crippen molar-refractivity contribution in [3.8, 4) is 17.1 Å². The molecule has 0 aliphatic carbocycles. The second-order valence-corrected chi connectivity index (χ2v) is 7.20. The molecule has 0 bridgehead atoms. The van der Waals surface area contributed by atoms with Crippen LogP contribution in [0.5, 0.6) is 5.75 Å². The standard InChI is InChI=1S/C21H17F4N3O3/c1-12-11-30-17-9-14(19-26-20(31-27-19)21(23,24)25)8-16(22)15(17)10-28(12)18(29)7-13-5-3-2-4-6-13/h2-6,8-9,12H,7,10-11H2,1H3/t12-/m0/s1. The Bertz CT molecular complexity index is 1100. The van der Waals surface area contributed by atoms with Crippen LogP contribution in [0.15, 0.2) is 47.0 Å². The molecule has 0 fully saturated rings. The Morgan fingerprint density at radius 2 is 1.97 bits per heavy atom. The van der Waals surface area contributed by atoms with Gasteiger partial charge < -0.3 is 14.2 Å². The van der Waals surface area contributed by atoms with Crippen LogP contribution in [0.2, 0.25) is 0 Å². The first-order chi connectivity index (χ1) is 14.7. The van der Waals surface area contributed by atoms with E-state index in [1.54, 1.807) is 6.92 Å². The van der Waals surface area contributed by atoms with E-state index in [0.717, 1.165) is 11.6 Å². The molecule has 0 saturated heterocycles. The van der Waals surface area contributed by atoms with Crippen LogP contribution < -0.4 is 4.74 Å². The Kier molecular flexibility index (Phi) is 5.38. The van der Waals surface area contributed by atoms with E-state index in [-0.39, 0.29) is 48.4 Å². The third-order valence-electron chi connectivity index (χ3n) is 4.94. The van der Waals surface area contributed by atoms with Crippen molar-refractivity contribution < 1.29 is 31.6 Å². The highest BCUT2D eigenvalue weighted by molar-refractivity contribution is 5.79. The van der Waals surface area contributed by atoms with Crippen LogP contribution in [0.3, 0.4) is 0 Å². The van der Waals surface area contributed by atoms with Gasteiger partial charge in [-0.25, -0.2) is 4.39 Å². The SMILES string of the molecule is C[C@H]1COc2cc(-c3noc(C(F)(F)F)n3)cc(F)c2CN1C(=O)Cc1ccccc1. The second-order valence-electron chi connectivity index (χ2n) is 7.20. The molecule has 0 radical (unpaired) electrons. The summed E-state index contributed by atoms with van der Waals surface area (Å²) >= 11 is 0. The number of benzene rings is 2. The Hall–Kier alpha value is -3.43. The van der Waals surface area contributed by atoms with Gasteiger partial charge in [-0.2, -0.15) is 18.2 Å². The smallest absolute Gasteiger partial charge is 0.471 e. The van der Waals surface area contributed by atoms with Gasteiger partial charge in [-0.05, 0) is 24.6 Å². The number of fused-ring (bicyclic) bond motifs is 1. The van der Waals surface area contributed by atoms with Gasteiger partial charge in [0.2, 0.25) is 11.7 Å².